The minimum Gasteiger partial charge on any atom is -0.464 e. The predicted octanol–water partition coefficient (Wildman–Crippen LogP) is 2.74. The number of halogens is 1. The Bertz CT molecular complexity index is 415. The van der Waals surface area contributed by atoms with Gasteiger partial charge in [-0.2, -0.15) is 5.10 Å². The van der Waals surface area contributed by atoms with Crippen LogP contribution in [0.5, 0.6) is 0 Å². The van der Waals surface area contributed by atoms with E-state index in [9.17, 15) is 4.79 Å². The fourth-order valence-corrected chi connectivity index (χ4v) is 2.45. The number of nitrogens with zero attached hydrogens (tertiary/aromatic N) is 2. The molecule has 1 aromatic rings. The fraction of sp³-hybridized carbons (Fsp3) is 0.636. The van der Waals surface area contributed by atoms with E-state index in [-0.39, 0.29) is 6.73 Å². The lowest BCUT2D eigenvalue weighted by molar-refractivity contribution is 0.0517. The van der Waals surface area contributed by atoms with E-state index in [1.807, 2.05) is 0 Å². The van der Waals surface area contributed by atoms with Gasteiger partial charge in [-0.05, 0) is 22.0 Å². The van der Waals surface area contributed by atoms with Gasteiger partial charge in [0.25, 0.3) is 0 Å². The second-order valence-electron chi connectivity index (χ2n) is 5.19. The van der Waals surface area contributed by atoms with Crippen LogP contribution in [0.25, 0.3) is 0 Å². The first-order valence-corrected chi connectivity index (χ1v) is 10.2. The van der Waals surface area contributed by atoms with Gasteiger partial charge in [-0.1, -0.05) is 19.6 Å². The first-order chi connectivity index (χ1) is 8.33. The molecule has 0 aliphatic heterocycles. The van der Waals surface area contributed by atoms with Gasteiger partial charge in [0.15, 0.2) is 0 Å². The molecule has 1 rings (SSSR count). The number of ether oxygens (including phenoxy) is 2. The molecule has 18 heavy (non-hydrogen) atoms. The summed E-state index contributed by atoms with van der Waals surface area (Å²) in [7, 11) is 0.259. The first kappa shape index (κ1) is 15.4. The number of esters is 1. The third kappa shape index (κ3) is 4.91. The summed E-state index contributed by atoms with van der Waals surface area (Å²) in [5, 5.41) is 4.13. The molecule has 5 nitrogen and oxygen atoms in total. The van der Waals surface area contributed by atoms with Gasteiger partial charge in [0, 0.05) is 20.7 Å². The largest absolute Gasteiger partial charge is 0.464 e. The predicted molar refractivity (Wildman–Crippen MR) is 75.4 cm³/mol. The monoisotopic (exact) mass is 334 g/mol. The van der Waals surface area contributed by atoms with Gasteiger partial charge >= 0.3 is 5.97 Å². The van der Waals surface area contributed by atoms with Crippen LogP contribution in [0.15, 0.2) is 10.7 Å². The zero-order valence-electron chi connectivity index (χ0n) is 11.2. The van der Waals surface area contributed by atoms with E-state index in [0.717, 1.165) is 6.04 Å². The number of carbonyl (C=O) groups excluding carboxylic acids is 1. The summed E-state index contributed by atoms with van der Waals surface area (Å²) in [6.45, 7) is 7.83. The second kappa shape index (κ2) is 6.49. The molecule has 0 aromatic carbocycles. The third-order valence-electron chi connectivity index (χ3n) is 2.35. The van der Waals surface area contributed by atoms with Gasteiger partial charge in [0.2, 0.25) is 0 Å². The van der Waals surface area contributed by atoms with Gasteiger partial charge in [-0.25, -0.2) is 9.48 Å². The van der Waals surface area contributed by atoms with Crippen LogP contribution in [0.2, 0.25) is 25.7 Å². The Balaban J connectivity index is 2.54. The van der Waals surface area contributed by atoms with Crippen molar-refractivity contribution in [3.63, 3.8) is 0 Å². The molecule has 0 radical (unpaired) electrons. The molecule has 1 aromatic heterocycles. The Kier molecular flexibility index (Phi) is 5.55. The topological polar surface area (TPSA) is 53.3 Å². The minimum atomic E-state index is -1.09. The summed E-state index contributed by atoms with van der Waals surface area (Å²) in [5.41, 5.74) is 0.386. The standard InChI is InChI=1S/C11H19BrN2O3Si/c1-16-11(15)9-7-10(12)13-14(9)8-17-5-6-18(2,3)4/h7H,5-6,8H2,1-4H3. The van der Waals surface area contributed by atoms with Gasteiger partial charge < -0.3 is 9.47 Å². The molecular weight excluding hydrogens is 316 g/mol. The molecule has 0 bridgehead atoms. The van der Waals surface area contributed by atoms with Gasteiger partial charge in [-0.15, -0.1) is 0 Å². The summed E-state index contributed by atoms with van der Waals surface area (Å²) in [6, 6.07) is 2.71. The van der Waals surface area contributed by atoms with E-state index in [0.29, 0.717) is 16.9 Å². The van der Waals surface area contributed by atoms with Crippen LogP contribution >= 0.6 is 15.9 Å². The number of methoxy groups -OCH3 is 1. The minimum absolute atomic E-state index is 0.264. The molecule has 0 aliphatic rings. The van der Waals surface area contributed by atoms with Crippen LogP contribution in [-0.2, 0) is 16.2 Å². The molecule has 7 heteroatoms. The van der Waals surface area contributed by atoms with E-state index >= 15 is 0 Å². The fourth-order valence-electron chi connectivity index (χ4n) is 1.28. The SMILES string of the molecule is COC(=O)c1cc(Br)nn1COCC[Si](C)(C)C. The molecule has 0 amide bonds. The van der Waals surface area contributed by atoms with Crippen molar-refractivity contribution < 1.29 is 14.3 Å². The van der Waals surface area contributed by atoms with Crippen molar-refractivity contribution in [1.82, 2.24) is 9.78 Å². The van der Waals surface area contributed by atoms with Crippen molar-refractivity contribution in [2.75, 3.05) is 13.7 Å². The van der Waals surface area contributed by atoms with Crippen molar-refractivity contribution in [3.8, 4) is 0 Å². The molecule has 0 unspecified atom stereocenters. The summed E-state index contributed by atoms with van der Waals surface area (Å²) in [5.74, 6) is -0.415. The van der Waals surface area contributed by atoms with Gasteiger partial charge in [0.05, 0.1) is 7.11 Å². The van der Waals surface area contributed by atoms with E-state index in [2.05, 4.69) is 45.4 Å². The Morgan fingerprint density at radius 3 is 2.72 bits per heavy atom. The molecule has 0 spiro atoms. The maximum Gasteiger partial charge on any atom is 0.356 e. The molecule has 0 N–H and O–H groups in total. The van der Waals surface area contributed by atoms with Crippen molar-refractivity contribution in [1.29, 1.82) is 0 Å². The lowest BCUT2D eigenvalue weighted by Gasteiger charge is -2.15. The average Bonchev–Trinajstić information content (AvgIpc) is 2.63. The highest BCUT2D eigenvalue weighted by atomic mass is 79.9. The molecule has 0 atom stereocenters. The van der Waals surface area contributed by atoms with E-state index in [1.54, 1.807) is 6.07 Å². The van der Waals surface area contributed by atoms with Crippen LogP contribution in [0.4, 0.5) is 0 Å². The summed E-state index contributed by atoms with van der Waals surface area (Å²) in [4.78, 5) is 11.5. The van der Waals surface area contributed by atoms with Crippen LogP contribution in [-0.4, -0.2) is 37.5 Å². The lowest BCUT2D eigenvalue weighted by Crippen LogP contribution is -2.22. The maximum atomic E-state index is 11.5. The molecule has 102 valence electrons. The number of carbonyl (C=O) groups is 1. The highest BCUT2D eigenvalue weighted by Gasteiger charge is 2.16. The van der Waals surface area contributed by atoms with E-state index < -0.39 is 14.0 Å². The Labute approximate surface area is 117 Å². The molecule has 0 saturated carbocycles. The van der Waals surface area contributed by atoms with Crippen LogP contribution in [0.1, 0.15) is 10.5 Å². The molecule has 0 fully saturated rings. The molecular formula is C11H19BrN2O3Si. The molecule has 1 heterocycles. The van der Waals surface area contributed by atoms with E-state index in [1.165, 1.54) is 11.8 Å². The molecule has 0 saturated heterocycles. The summed E-state index contributed by atoms with van der Waals surface area (Å²) in [6.07, 6.45) is 0. The van der Waals surface area contributed by atoms with Crippen molar-refractivity contribution >= 4 is 30.0 Å². The third-order valence-corrected chi connectivity index (χ3v) is 4.45. The van der Waals surface area contributed by atoms with Crippen molar-refractivity contribution in [3.05, 3.63) is 16.4 Å². The number of rotatable bonds is 6. The van der Waals surface area contributed by atoms with Gasteiger partial charge in [0.1, 0.15) is 17.0 Å². The highest BCUT2D eigenvalue weighted by molar-refractivity contribution is 9.10. The van der Waals surface area contributed by atoms with Crippen molar-refractivity contribution in [2.45, 2.75) is 32.4 Å². The van der Waals surface area contributed by atoms with Crippen molar-refractivity contribution in [2.24, 2.45) is 0 Å². The normalized spacial score (nSPS) is 11.6. The number of hydrogen-bond acceptors (Lipinski definition) is 4. The Hall–Kier alpha value is -0.663. The summed E-state index contributed by atoms with van der Waals surface area (Å²) >= 11 is 3.23. The van der Waals surface area contributed by atoms with Crippen LogP contribution in [0, 0.1) is 0 Å². The smallest absolute Gasteiger partial charge is 0.356 e. The highest BCUT2D eigenvalue weighted by Crippen LogP contribution is 2.13. The molecule has 0 aliphatic carbocycles. The number of hydrogen-bond donors (Lipinski definition) is 0. The zero-order valence-corrected chi connectivity index (χ0v) is 13.8. The second-order valence-corrected chi connectivity index (χ2v) is 11.6. The van der Waals surface area contributed by atoms with Crippen LogP contribution in [0.3, 0.4) is 0 Å². The lowest BCUT2D eigenvalue weighted by atomic mass is 10.4. The Morgan fingerprint density at radius 1 is 1.50 bits per heavy atom. The Morgan fingerprint density at radius 2 is 2.17 bits per heavy atom. The number of aromatic nitrogens is 2. The van der Waals surface area contributed by atoms with E-state index in [4.69, 9.17) is 4.74 Å². The zero-order chi connectivity index (χ0) is 13.8. The average molecular weight is 335 g/mol. The van der Waals surface area contributed by atoms with Gasteiger partial charge in [-0.3, -0.25) is 0 Å². The quantitative estimate of drug-likeness (QED) is 0.456. The van der Waals surface area contributed by atoms with Crippen LogP contribution < -0.4 is 0 Å². The summed E-state index contributed by atoms with van der Waals surface area (Å²) < 4.78 is 12.3. The maximum absolute atomic E-state index is 11.5. The first-order valence-electron chi connectivity index (χ1n) is 5.73.